The van der Waals surface area contributed by atoms with Crippen LogP contribution in [0.25, 0.3) is 0 Å². The van der Waals surface area contributed by atoms with E-state index < -0.39 is 143 Å². The Labute approximate surface area is 340 Å². The number of hydrogen-bond acceptors (Lipinski definition) is 19. The van der Waals surface area contributed by atoms with Gasteiger partial charge in [-0.3, -0.25) is 38.5 Å². The molecule has 13 atom stereocenters. The first kappa shape index (κ1) is 44.9. The van der Waals surface area contributed by atoms with Gasteiger partial charge in [0, 0.05) is 47.0 Å². The molecule has 4 aliphatic rings. The lowest BCUT2D eigenvalue weighted by Gasteiger charge is -2.67. The van der Waals surface area contributed by atoms with Crippen molar-refractivity contribution in [3.63, 3.8) is 0 Å². The molecule has 1 aromatic rings. The highest BCUT2D eigenvalue weighted by molar-refractivity contribution is 5.91. The quantitative estimate of drug-likeness (QED) is 0.289. The van der Waals surface area contributed by atoms with Gasteiger partial charge >= 0.3 is 47.8 Å². The molecular formula is C40H51NO18. The number of esters is 8. The van der Waals surface area contributed by atoms with E-state index in [-0.39, 0.29) is 5.56 Å². The van der Waals surface area contributed by atoms with E-state index in [1.54, 1.807) is 6.92 Å². The maximum absolute atomic E-state index is 14.4. The fourth-order valence-electron chi connectivity index (χ4n) is 9.38. The monoisotopic (exact) mass is 833 g/mol. The minimum Gasteiger partial charge on any atom is -0.465 e. The van der Waals surface area contributed by atoms with Crippen LogP contribution in [0.5, 0.6) is 0 Å². The number of carbonyl (C=O) groups is 8. The van der Waals surface area contributed by atoms with Crippen LogP contribution < -0.4 is 0 Å². The Balaban J connectivity index is 2.03. The van der Waals surface area contributed by atoms with Crippen LogP contribution in [0, 0.1) is 23.2 Å². The summed E-state index contributed by atoms with van der Waals surface area (Å²) in [5.41, 5.74) is -9.95. The Bertz CT molecular complexity index is 1910. The van der Waals surface area contributed by atoms with Gasteiger partial charge in [-0.1, -0.05) is 27.7 Å². The average molecular weight is 834 g/mol. The normalized spacial score (nSPS) is 37.4. The van der Waals surface area contributed by atoms with Gasteiger partial charge in [0.1, 0.15) is 42.0 Å². The van der Waals surface area contributed by atoms with Crippen LogP contribution in [-0.4, -0.2) is 124 Å². The Morgan fingerprint density at radius 2 is 1.37 bits per heavy atom. The van der Waals surface area contributed by atoms with Gasteiger partial charge in [-0.2, -0.15) is 0 Å². The van der Waals surface area contributed by atoms with Crippen LogP contribution in [0.1, 0.15) is 98.0 Å². The molecule has 19 nitrogen and oxygen atoms in total. The van der Waals surface area contributed by atoms with Gasteiger partial charge in [-0.05, 0) is 31.4 Å². The predicted molar refractivity (Wildman–Crippen MR) is 194 cm³/mol. The molecule has 59 heavy (non-hydrogen) atoms. The molecule has 1 aromatic heterocycles. The summed E-state index contributed by atoms with van der Waals surface area (Å²) in [6.07, 6.45) is -9.32. The van der Waals surface area contributed by atoms with Crippen molar-refractivity contribution in [3.8, 4) is 0 Å². The van der Waals surface area contributed by atoms with Crippen LogP contribution in [-0.2, 0) is 76.2 Å². The SMILES string of the molecule is CC(=O)OC[C@]12[C@H](OC(C)=O)[C@H](OC(=O)C(C)C)[C@@H]3[C@@H](OC(C)=O)[C@@]14O[C@@]3(C)COC(=O)c1cnccc1C(C)C(C)C(=O)O[C@@H]([C@H](OC(C)=O)[C@@H]2OC(C)=O)[C@]4(C)O. The van der Waals surface area contributed by atoms with E-state index in [2.05, 4.69) is 4.98 Å². The number of ether oxygens (including phenoxy) is 9. The smallest absolute Gasteiger partial charge is 0.340 e. The first-order valence-electron chi connectivity index (χ1n) is 19.1. The third kappa shape index (κ3) is 7.40. The maximum Gasteiger partial charge on any atom is 0.340 e. The van der Waals surface area contributed by atoms with Crippen molar-refractivity contribution in [1.82, 2.24) is 4.98 Å². The second-order valence-electron chi connectivity index (χ2n) is 16.3. The zero-order valence-corrected chi connectivity index (χ0v) is 34.8. The van der Waals surface area contributed by atoms with Gasteiger partial charge in [0.25, 0.3) is 0 Å². The lowest BCUT2D eigenvalue weighted by molar-refractivity contribution is -0.387. The van der Waals surface area contributed by atoms with Gasteiger partial charge in [-0.15, -0.1) is 0 Å². The Morgan fingerprint density at radius 3 is 1.92 bits per heavy atom. The predicted octanol–water partition coefficient (Wildman–Crippen LogP) is 1.67. The summed E-state index contributed by atoms with van der Waals surface area (Å²) in [7, 11) is 0. The maximum atomic E-state index is 14.4. The molecule has 2 aliphatic carbocycles. The molecular weight excluding hydrogens is 782 g/mol. The van der Waals surface area contributed by atoms with Crippen LogP contribution in [0.15, 0.2) is 18.5 Å². The summed E-state index contributed by atoms with van der Waals surface area (Å²) < 4.78 is 55.0. The number of rotatable bonds is 8. The van der Waals surface area contributed by atoms with E-state index >= 15 is 0 Å². The first-order chi connectivity index (χ1) is 27.4. The third-order valence-corrected chi connectivity index (χ3v) is 11.9. The summed E-state index contributed by atoms with van der Waals surface area (Å²) in [4.78, 5) is 112. The van der Waals surface area contributed by atoms with Gasteiger partial charge in [0.15, 0.2) is 30.0 Å². The van der Waals surface area contributed by atoms with Crippen LogP contribution in [0.2, 0.25) is 0 Å². The van der Waals surface area contributed by atoms with Crippen molar-refractivity contribution in [3.05, 3.63) is 29.6 Å². The molecule has 0 radical (unpaired) electrons. The topological polar surface area (TPSA) is 253 Å². The summed E-state index contributed by atoms with van der Waals surface area (Å²) in [6, 6.07) is 1.51. The van der Waals surface area contributed by atoms with Crippen LogP contribution in [0.4, 0.5) is 0 Å². The van der Waals surface area contributed by atoms with Crippen molar-refractivity contribution < 1.29 is 86.1 Å². The largest absolute Gasteiger partial charge is 0.465 e. The molecule has 324 valence electrons. The zero-order chi connectivity index (χ0) is 44.2. The van der Waals surface area contributed by atoms with Crippen molar-refractivity contribution in [2.45, 2.75) is 136 Å². The van der Waals surface area contributed by atoms with Crippen molar-refractivity contribution in [1.29, 1.82) is 0 Å². The van der Waals surface area contributed by atoms with E-state index in [0.29, 0.717) is 5.56 Å². The first-order valence-corrected chi connectivity index (χ1v) is 19.1. The molecule has 19 heteroatoms. The van der Waals surface area contributed by atoms with E-state index in [1.165, 1.54) is 46.2 Å². The highest BCUT2D eigenvalue weighted by Gasteiger charge is 2.92. The van der Waals surface area contributed by atoms with Gasteiger partial charge in [-0.25, -0.2) is 4.79 Å². The summed E-state index contributed by atoms with van der Waals surface area (Å²) in [6.45, 7) is 11.8. The average Bonchev–Trinajstić information content (AvgIpc) is 3.35. The molecule has 1 N–H and O–H groups in total. The lowest BCUT2D eigenvalue weighted by Crippen LogP contribution is -2.89. The number of fused-ring (bicyclic) bond motifs is 5. The third-order valence-electron chi connectivity index (χ3n) is 11.9. The van der Waals surface area contributed by atoms with Gasteiger partial charge in [0.2, 0.25) is 0 Å². The van der Waals surface area contributed by atoms with Gasteiger partial charge < -0.3 is 47.7 Å². The Kier molecular flexibility index (Phi) is 12.3. The molecule has 2 aliphatic heterocycles. The molecule has 5 rings (SSSR count). The molecule has 3 fully saturated rings. The number of hydrogen-bond donors (Lipinski definition) is 1. The number of nitrogens with zero attached hydrogens (tertiary/aromatic N) is 1. The number of cyclic esters (lactones) is 1. The number of carbonyl (C=O) groups excluding carboxylic acids is 8. The molecule has 2 unspecified atom stereocenters. The zero-order valence-electron chi connectivity index (χ0n) is 34.8. The molecule has 2 saturated carbocycles. The minimum atomic E-state index is -2.82. The second-order valence-corrected chi connectivity index (χ2v) is 16.3. The molecule has 3 heterocycles. The van der Waals surface area contributed by atoms with E-state index in [1.807, 2.05) is 0 Å². The number of pyridine rings is 1. The van der Waals surface area contributed by atoms with Crippen LogP contribution >= 0.6 is 0 Å². The lowest BCUT2D eigenvalue weighted by atomic mass is 9.45. The molecule has 0 amide bonds. The highest BCUT2D eigenvalue weighted by Crippen LogP contribution is 2.70. The van der Waals surface area contributed by atoms with Crippen LogP contribution in [0.3, 0.4) is 0 Å². The van der Waals surface area contributed by atoms with E-state index in [4.69, 9.17) is 42.6 Å². The number of aliphatic hydroxyl groups is 1. The van der Waals surface area contributed by atoms with E-state index in [9.17, 15) is 43.5 Å². The molecule has 0 aromatic carbocycles. The highest BCUT2D eigenvalue weighted by atomic mass is 16.7. The van der Waals surface area contributed by atoms with Gasteiger partial charge in [0.05, 0.1) is 23.3 Å². The Hall–Kier alpha value is -5.17. The standard InChI is InChI=1S/C40H51NO18/c1-17(2)34(47)57-28-27-30(54-22(7)44)40-38(11,50)31(29(53-21(6)43)33(56-24(9)46)39(40,16-51-20(5)42)32(28)55-23(8)45)58-35(48)19(4)18(3)25-12-13-41-14-26(25)36(49)52-15-37(27,10)59-40/h12-14,17-19,27-33,50H,15-16H2,1-11H3/t18?,19?,27-,28-,29+,30-,31+,32-,33+,37+,38+,39-,40+/m1/s1. The van der Waals surface area contributed by atoms with Crippen molar-refractivity contribution in [2.24, 2.45) is 23.2 Å². The fourth-order valence-corrected chi connectivity index (χ4v) is 9.38. The Morgan fingerprint density at radius 1 is 0.814 bits per heavy atom. The van der Waals surface area contributed by atoms with E-state index in [0.717, 1.165) is 41.5 Å². The minimum absolute atomic E-state index is 0.0411. The summed E-state index contributed by atoms with van der Waals surface area (Å²) >= 11 is 0. The summed E-state index contributed by atoms with van der Waals surface area (Å²) in [5.74, 6) is -12.3. The van der Waals surface area contributed by atoms with Crippen molar-refractivity contribution in [2.75, 3.05) is 13.2 Å². The molecule has 1 saturated heterocycles. The second kappa shape index (κ2) is 16.1. The summed E-state index contributed by atoms with van der Waals surface area (Å²) in [5, 5.41) is 13.5. The molecule has 4 bridgehead atoms. The number of aromatic nitrogens is 1. The molecule has 1 spiro atoms. The fraction of sp³-hybridized carbons (Fsp3) is 0.675. The van der Waals surface area contributed by atoms with Crippen molar-refractivity contribution >= 4 is 47.8 Å².